The van der Waals surface area contributed by atoms with Gasteiger partial charge in [0.05, 0.1) is 23.1 Å². The van der Waals surface area contributed by atoms with Gasteiger partial charge in [-0.1, -0.05) is 36.4 Å². The number of carbonyl (C=O) groups excluding carboxylic acids is 1. The molecule has 0 aliphatic carbocycles. The second-order valence-electron chi connectivity index (χ2n) is 7.32. The predicted octanol–water partition coefficient (Wildman–Crippen LogP) is 4.39. The summed E-state index contributed by atoms with van der Waals surface area (Å²) < 4.78 is 7.58. The van der Waals surface area contributed by atoms with Gasteiger partial charge >= 0.3 is 0 Å². The van der Waals surface area contributed by atoms with Crippen molar-refractivity contribution in [2.75, 3.05) is 0 Å². The summed E-state index contributed by atoms with van der Waals surface area (Å²) in [5.41, 5.74) is 5.46. The number of nitrogens with one attached hydrogen (secondary N) is 1. The van der Waals surface area contributed by atoms with Crippen LogP contribution in [0, 0.1) is 13.8 Å². The monoisotopic (exact) mass is 412 g/mol. The Labute approximate surface area is 181 Å². The molecule has 0 saturated heterocycles. The topological polar surface area (TPSA) is 69.0 Å². The first kappa shape index (κ1) is 20.3. The van der Waals surface area contributed by atoms with Crippen LogP contribution in [0.4, 0.5) is 0 Å². The molecule has 2 aromatic carbocycles. The molecule has 0 spiro atoms. The number of hydrogen-bond donors (Lipinski definition) is 1. The number of aromatic nitrogens is 3. The summed E-state index contributed by atoms with van der Waals surface area (Å²) in [5.74, 6) is 0.628. The van der Waals surface area contributed by atoms with Crippen molar-refractivity contribution in [3.05, 3.63) is 107 Å². The number of hydrogen-bond acceptors (Lipinski definition) is 4. The molecule has 0 aliphatic rings. The van der Waals surface area contributed by atoms with Crippen LogP contribution >= 0.6 is 0 Å². The van der Waals surface area contributed by atoms with Crippen molar-refractivity contribution in [1.29, 1.82) is 0 Å². The van der Waals surface area contributed by atoms with Crippen LogP contribution in [-0.4, -0.2) is 20.7 Å². The van der Waals surface area contributed by atoms with Crippen LogP contribution in [-0.2, 0) is 13.2 Å². The van der Waals surface area contributed by atoms with Crippen LogP contribution < -0.4 is 10.1 Å². The van der Waals surface area contributed by atoms with E-state index in [1.807, 2.05) is 74.5 Å². The van der Waals surface area contributed by atoms with Crippen molar-refractivity contribution in [3.8, 4) is 11.4 Å². The van der Waals surface area contributed by atoms with Crippen LogP contribution in [0.3, 0.4) is 0 Å². The number of pyridine rings is 1. The Morgan fingerprint density at radius 1 is 0.968 bits per heavy atom. The summed E-state index contributed by atoms with van der Waals surface area (Å²) in [6.07, 6.45) is 5.14. The molecular weight excluding hydrogens is 388 g/mol. The van der Waals surface area contributed by atoms with Gasteiger partial charge in [0, 0.05) is 24.5 Å². The Morgan fingerprint density at radius 2 is 1.77 bits per heavy atom. The highest BCUT2D eigenvalue weighted by Crippen LogP contribution is 2.18. The summed E-state index contributed by atoms with van der Waals surface area (Å²) >= 11 is 0. The van der Waals surface area contributed by atoms with E-state index in [1.54, 1.807) is 23.3 Å². The van der Waals surface area contributed by atoms with Gasteiger partial charge in [-0.15, -0.1) is 0 Å². The second kappa shape index (κ2) is 9.26. The van der Waals surface area contributed by atoms with Crippen LogP contribution in [0.1, 0.15) is 32.7 Å². The molecule has 4 aromatic rings. The quantitative estimate of drug-likeness (QED) is 0.489. The summed E-state index contributed by atoms with van der Waals surface area (Å²) in [6.45, 7) is 4.83. The SMILES string of the molecule is Cc1ccccc1-n1ncc(C(=O)NCc2ccc(OCc3cccnc3)cc2)c1C. The molecule has 4 rings (SSSR count). The molecule has 156 valence electrons. The maximum Gasteiger partial charge on any atom is 0.255 e. The van der Waals surface area contributed by atoms with Crippen LogP contribution in [0.5, 0.6) is 5.75 Å². The Balaban J connectivity index is 1.35. The van der Waals surface area contributed by atoms with E-state index in [9.17, 15) is 4.79 Å². The summed E-state index contributed by atoms with van der Waals surface area (Å²) in [5, 5.41) is 7.39. The van der Waals surface area contributed by atoms with Crippen molar-refractivity contribution >= 4 is 5.91 Å². The Morgan fingerprint density at radius 3 is 2.52 bits per heavy atom. The van der Waals surface area contributed by atoms with Crippen LogP contribution in [0.25, 0.3) is 5.69 Å². The lowest BCUT2D eigenvalue weighted by Crippen LogP contribution is -2.23. The zero-order chi connectivity index (χ0) is 21.6. The van der Waals surface area contributed by atoms with E-state index in [0.717, 1.165) is 33.8 Å². The fourth-order valence-corrected chi connectivity index (χ4v) is 3.31. The highest BCUT2D eigenvalue weighted by molar-refractivity contribution is 5.95. The minimum absolute atomic E-state index is 0.144. The van der Waals surface area contributed by atoms with Gasteiger partial charge in [-0.05, 0) is 49.2 Å². The maximum absolute atomic E-state index is 12.7. The van der Waals surface area contributed by atoms with Gasteiger partial charge in [0.2, 0.25) is 0 Å². The Bertz CT molecular complexity index is 1170. The van der Waals surface area contributed by atoms with Gasteiger partial charge in [0.15, 0.2) is 0 Å². The van der Waals surface area contributed by atoms with Gasteiger partial charge in [0.25, 0.3) is 5.91 Å². The number of aryl methyl sites for hydroxylation is 1. The average Bonchev–Trinajstić information content (AvgIpc) is 3.19. The Hall–Kier alpha value is -3.93. The van der Waals surface area contributed by atoms with Crippen molar-refractivity contribution in [2.24, 2.45) is 0 Å². The first-order chi connectivity index (χ1) is 15.1. The number of para-hydroxylation sites is 1. The lowest BCUT2D eigenvalue weighted by atomic mass is 10.2. The molecule has 2 heterocycles. The van der Waals surface area contributed by atoms with Gasteiger partial charge < -0.3 is 10.1 Å². The molecule has 31 heavy (non-hydrogen) atoms. The normalized spacial score (nSPS) is 10.6. The summed E-state index contributed by atoms with van der Waals surface area (Å²) in [6, 6.07) is 19.5. The third kappa shape index (κ3) is 4.80. The third-order valence-electron chi connectivity index (χ3n) is 5.10. The number of ether oxygens (including phenoxy) is 1. The van der Waals surface area contributed by atoms with E-state index in [2.05, 4.69) is 15.4 Å². The third-order valence-corrected chi connectivity index (χ3v) is 5.10. The lowest BCUT2D eigenvalue weighted by molar-refractivity contribution is 0.0950. The van der Waals surface area contributed by atoms with Crippen molar-refractivity contribution in [3.63, 3.8) is 0 Å². The molecule has 1 N–H and O–H groups in total. The molecule has 1 amide bonds. The largest absolute Gasteiger partial charge is 0.489 e. The lowest BCUT2D eigenvalue weighted by Gasteiger charge is -2.09. The van der Waals surface area contributed by atoms with Crippen molar-refractivity contribution in [1.82, 2.24) is 20.1 Å². The van der Waals surface area contributed by atoms with E-state index in [-0.39, 0.29) is 5.91 Å². The minimum Gasteiger partial charge on any atom is -0.489 e. The maximum atomic E-state index is 12.7. The highest BCUT2D eigenvalue weighted by atomic mass is 16.5. The minimum atomic E-state index is -0.144. The standard InChI is InChI=1S/C25H24N4O2/c1-18-6-3-4-8-24(18)29-19(2)23(16-28-29)25(30)27-15-20-9-11-22(12-10-20)31-17-21-7-5-13-26-14-21/h3-14,16H,15,17H2,1-2H3,(H,27,30). The van der Waals surface area contributed by atoms with Gasteiger partial charge in [-0.3, -0.25) is 9.78 Å². The van der Waals surface area contributed by atoms with Crippen molar-refractivity contribution in [2.45, 2.75) is 27.0 Å². The van der Waals surface area contributed by atoms with Gasteiger partial charge in [0.1, 0.15) is 12.4 Å². The molecule has 0 radical (unpaired) electrons. The smallest absolute Gasteiger partial charge is 0.255 e. The summed E-state index contributed by atoms with van der Waals surface area (Å²) in [4.78, 5) is 16.8. The van der Waals surface area contributed by atoms with Gasteiger partial charge in [-0.2, -0.15) is 5.10 Å². The molecule has 0 atom stereocenters. The number of amides is 1. The molecule has 6 heteroatoms. The molecule has 0 bridgehead atoms. The Kier molecular flexibility index (Phi) is 6.08. The van der Waals surface area contributed by atoms with E-state index < -0.39 is 0 Å². The average molecular weight is 412 g/mol. The first-order valence-electron chi connectivity index (χ1n) is 10.1. The van der Waals surface area contributed by atoms with E-state index in [4.69, 9.17) is 4.74 Å². The van der Waals surface area contributed by atoms with E-state index >= 15 is 0 Å². The van der Waals surface area contributed by atoms with Crippen molar-refractivity contribution < 1.29 is 9.53 Å². The van der Waals surface area contributed by atoms with Crippen LogP contribution in [0.15, 0.2) is 79.3 Å². The number of nitrogens with zero attached hydrogens (tertiary/aromatic N) is 3. The molecular formula is C25H24N4O2. The molecule has 2 aromatic heterocycles. The zero-order valence-corrected chi connectivity index (χ0v) is 17.6. The summed E-state index contributed by atoms with van der Waals surface area (Å²) in [7, 11) is 0. The highest BCUT2D eigenvalue weighted by Gasteiger charge is 2.15. The first-order valence-corrected chi connectivity index (χ1v) is 10.1. The number of carbonyl (C=O) groups is 1. The van der Waals surface area contributed by atoms with Crippen LogP contribution in [0.2, 0.25) is 0 Å². The number of rotatable bonds is 7. The molecule has 0 unspecified atom stereocenters. The molecule has 0 saturated carbocycles. The van der Waals surface area contributed by atoms with Gasteiger partial charge in [-0.25, -0.2) is 4.68 Å². The fourth-order valence-electron chi connectivity index (χ4n) is 3.31. The molecule has 0 fully saturated rings. The van der Waals surface area contributed by atoms with E-state index in [0.29, 0.717) is 18.7 Å². The zero-order valence-electron chi connectivity index (χ0n) is 17.6. The molecule has 0 aliphatic heterocycles. The second-order valence-corrected chi connectivity index (χ2v) is 7.32. The molecule has 6 nitrogen and oxygen atoms in total. The predicted molar refractivity (Wildman–Crippen MR) is 119 cm³/mol. The van der Waals surface area contributed by atoms with E-state index in [1.165, 1.54) is 0 Å². The fraction of sp³-hybridized carbons (Fsp3) is 0.160. The number of benzene rings is 2.